The fraction of sp³-hybridized carbons (Fsp3) is 0.0769. The van der Waals surface area contributed by atoms with Crippen molar-refractivity contribution >= 4 is 11.6 Å². The Hall–Kier alpha value is -2.56. The van der Waals surface area contributed by atoms with Gasteiger partial charge in [0.15, 0.2) is 0 Å². The monoisotopic (exact) mass is 243 g/mol. The Balaban J connectivity index is 2.37. The SMILES string of the molecule is Cc1ccnc(Oc2ccc(N)cc2)c1C(N)=O. The van der Waals surface area contributed by atoms with Crippen LogP contribution in [0, 0.1) is 6.92 Å². The maximum absolute atomic E-state index is 11.4. The lowest BCUT2D eigenvalue weighted by molar-refractivity contribution is 0.0997. The van der Waals surface area contributed by atoms with Crippen molar-refractivity contribution in [2.75, 3.05) is 5.73 Å². The number of hydrogen-bond acceptors (Lipinski definition) is 4. The van der Waals surface area contributed by atoms with Crippen LogP contribution in [0.4, 0.5) is 5.69 Å². The van der Waals surface area contributed by atoms with Crippen LogP contribution in [0.5, 0.6) is 11.6 Å². The normalized spacial score (nSPS) is 10.1. The van der Waals surface area contributed by atoms with E-state index < -0.39 is 5.91 Å². The fourth-order valence-corrected chi connectivity index (χ4v) is 1.56. The summed E-state index contributed by atoms with van der Waals surface area (Å²) < 4.78 is 5.54. The van der Waals surface area contributed by atoms with Gasteiger partial charge in [0.1, 0.15) is 11.3 Å². The maximum atomic E-state index is 11.4. The number of pyridine rings is 1. The number of hydrogen-bond donors (Lipinski definition) is 2. The molecule has 5 nitrogen and oxygen atoms in total. The number of rotatable bonds is 3. The minimum atomic E-state index is -0.564. The van der Waals surface area contributed by atoms with Crippen LogP contribution in [0.1, 0.15) is 15.9 Å². The highest BCUT2D eigenvalue weighted by molar-refractivity contribution is 5.96. The lowest BCUT2D eigenvalue weighted by Gasteiger charge is -2.09. The predicted molar refractivity (Wildman–Crippen MR) is 68.4 cm³/mol. The van der Waals surface area contributed by atoms with Gasteiger partial charge in [0.2, 0.25) is 5.88 Å². The molecule has 0 fully saturated rings. The Morgan fingerprint density at radius 1 is 1.22 bits per heavy atom. The summed E-state index contributed by atoms with van der Waals surface area (Å²) in [6.45, 7) is 1.78. The van der Waals surface area contributed by atoms with E-state index in [9.17, 15) is 4.79 Å². The molecule has 2 aromatic rings. The number of carbonyl (C=O) groups is 1. The first-order valence-corrected chi connectivity index (χ1v) is 5.36. The Morgan fingerprint density at radius 2 is 1.89 bits per heavy atom. The molecule has 1 aromatic carbocycles. The third kappa shape index (κ3) is 2.40. The van der Waals surface area contributed by atoms with Crippen molar-refractivity contribution in [2.24, 2.45) is 5.73 Å². The zero-order chi connectivity index (χ0) is 13.1. The number of aromatic nitrogens is 1. The largest absolute Gasteiger partial charge is 0.438 e. The quantitative estimate of drug-likeness (QED) is 0.805. The Morgan fingerprint density at radius 3 is 2.50 bits per heavy atom. The van der Waals surface area contributed by atoms with Gasteiger partial charge in [-0.15, -0.1) is 0 Å². The van der Waals surface area contributed by atoms with E-state index in [1.54, 1.807) is 43.5 Å². The van der Waals surface area contributed by atoms with E-state index in [1.165, 1.54) is 0 Å². The second kappa shape index (κ2) is 4.75. The average Bonchev–Trinajstić information content (AvgIpc) is 2.32. The number of amides is 1. The van der Waals surface area contributed by atoms with Crippen molar-refractivity contribution in [1.29, 1.82) is 0 Å². The Labute approximate surface area is 104 Å². The van der Waals surface area contributed by atoms with Crippen LogP contribution in [0.15, 0.2) is 36.5 Å². The first kappa shape index (κ1) is 11.9. The molecule has 0 saturated carbocycles. The number of benzene rings is 1. The summed E-state index contributed by atoms with van der Waals surface area (Å²) in [6.07, 6.45) is 1.56. The number of nitrogen functional groups attached to an aromatic ring is 1. The van der Waals surface area contributed by atoms with E-state index in [0.29, 0.717) is 11.4 Å². The molecule has 0 spiro atoms. The molecule has 0 radical (unpaired) electrons. The number of nitrogens with zero attached hydrogens (tertiary/aromatic N) is 1. The van der Waals surface area contributed by atoms with Crippen molar-refractivity contribution < 1.29 is 9.53 Å². The molecule has 0 aliphatic carbocycles. The van der Waals surface area contributed by atoms with E-state index in [2.05, 4.69) is 4.98 Å². The van der Waals surface area contributed by atoms with Crippen LogP contribution < -0.4 is 16.2 Å². The number of anilines is 1. The van der Waals surface area contributed by atoms with E-state index >= 15 is 0 Å². The van der Waals surface area contributed by atoms with Crippen molar-refractivity contribution in [3.8, 4) is 11.6 Å². The van der Waals surface area contributed by atoms with Gasteiger partial charge in [-0.05, 0) is 42.8 Å². The number of carbonyl (C=O) groups excluding carboxylic acids is 1. The summed E-state index contributed by atoms with van der Waals surface area (Å²) in [5.74, 6) is 0.183. The summed E-state index contributed by atoms with van der Waals surface area (Å²) in [5, 5.41) is 0. The van der Waals surface area contributed by atoms with Crippen LogP contribution in [0.3, 0.4) is 0 Å². The molecular formula is C13H13N3O2. The summed E-state index contributed by atoms with van der Waals surface area (Å²) in [4.78, 5) is 15.4. The molecule has 92 valence electrons. The predicted octanol–water partition coefficient (Wildman–Crippen LogP) is 1.86. The molecular weight excluding hydrogens is 230 g/mol. The van der Waals surface area contributed by atoms with Crippen molar-refractivity contribution in [2.45, 2.75) is 6.92 Å². The van der Waals surface area contributed by atoms with Gasteiger partial charge in [-0.1, -0.05) is 0 Å². The molecule has 1 heterocycles. The van der Waals surface area contributed by atoms with E-state index in [-0.39, 0.29) is 11.4 Å². The molecule has 4 N–H and O–H groups in total. The number of aryl methyl sites for hydroxylation is 1. The lowest BCUT2D eigenvalue weighted by atomic mass is 10.1. The Bertz CT molecular complexity index is 579. The third-order valence-electron chi connectivity index (χ3n) is 2.47. The zero-order valence-electron chi connectivity index (χ0n) is 9.88. The van der Waals surface area contributed by atoms with Gasteiger partial charge < -0.3 is 16.2 Å². The second-order valence-corrected chi connectivity index (χ2v) is 3.84. The number of primary amides is 1. The minimum absolute atomic E-state index is 0.201. The van der Waals surface area contributed by atoms with Crippen LogP contribution in [0.2, 0.25) is 0 Å². The Kier molecular flexibility index (Phi) is 3.14. The van der Waals surface area contributed by atoms with Crippen molar-refractivity contribution in [3.05, 3.63) is 47.7 Å². The first-order chi connectivity index (χ1) is 8.58. The highest BCUT2D eigenvalue weighted by atomic mass is 16.5. The smallest absolute Gasteiger partial charge is 0.254 e. The van der Waals surface area contributed by atoms with Crippen molar-refractivity contribution in [3.63, 3.8) is 0 Å². The molecule has 5 heteroatoms. The van der Waals surface area contributed by atoms with Gasteiger partial charge in [-0.3, -0.25) is 4.79 Å². The second-order valence-electron chi connectivity index (χ2n) is 3.84. The molecule has 1 aromatic heterocycles. The van der Waals surface area contributed by atoms with Gasteiger partial charge in [0, 0.05) is 11.9 Å². The van der Waals surface area contributed by atoms with Crippen LogP contribution >= 0.6 is 0 Å². The summed E-state index contributed by atoms with van der Waals surface area (Å²) in [5.41, 5.74) is 12.5. The molecule has 18 heavy (non-hydrogen) atoms. The lowest BCUT2D eigenvalue weighted by Crippen LogP contribution is -2.14. The van der Waals surface area contributed by atoms with Gasteiger partial charge in [-0.2, -0.15) is 0 Å². The van der Waals surface area contributed by atoms with Crippen LogP contribution in [0.25, 0.3) is 0 Å². The van der Waals surface area contributed by atoms with Gasteiger partial charge in [0.05, 0.1) is 0 Å². The molecule has 0 aliphatic heterocycles. The van der Waals surface area contributed by atoms with Gasteiger partial charge >= 0.3 is 0 Å². The number of nitrogens with two attached hydrogens (primary N) is 2. The van der Waals surface area contributed by atoms with E-state index in [4.69, 9.17) is 16.2 Å². The van der Waals surface area contributed by atoms with Gasteiger partial charge in [0.25, 0.3) is 5.91 Å². The third-order valence-corrected chi connectivity index (χ3v) is 2.47. The highest BCUT2D eigenvalue weighted by Gasteiger charge is 2.14. The average molecular weight is 243 g/mol. The zero-order valence-corrected chi connectivity index (χ0v) is 9.88. The molecule has 0 saturated heterocycles. The van der Waals surface area contributed by atoms with Crippen LogP contribution in [-0.4, -0.2) is 10.9 Å². The van der Waals surface area contributed by atoms with E-state index in [1.807, 2.05) is 0 Å². The molecule has 0 atom stereocenters. The molecule has 1 amide bonds. The van der Waals surface area contributed by atoms with Crippen molar-refractivity contribution in [1.82, 2.24) is 4.98 Å². The molecule has 0 unspecified atom stereocenters. The van der Waals surface area contributed by atoms with E-state index in [0.717, 1.165) is 5.56 Å². The summed E-state index contributed by atoms with van der Waals surface area (Å²) in [6, 6.07) is 8.51. The molecule has 2 rings (SSSR count). The molecule has 0 aliphatic rings. The summed E-state index contributed by atoms with van der Waals surface area (Å²) in [7, 11) is 0. The highest BCUT2D eigenvalue weighted by Crippen LogP contribution is 2.25. The topological polar surface area (TPSA) is 91.2 Å². The standard InChI is InChI=1S/C13H13N3O2/c1-8-6-7-16-13(11(8)12(15)17)18-10-4-2-9(14)3-5-10/h2-7H,14H2,1H3,(H2,15,17). The minimum Gasteiger partial charge on any atom is -0.438 e. The number of ether oxygens (including phenoxy) is 1. The fourth-order valence-electron chi connectivity index (χ4n) is 1.56. The first-order valence-electron chi connectivity index (χ1n) is 5.36. The maximum Gasteiger partial charge on any atom is 0.254 e. The van der Waals surface area contributed by atoms with Crippen LogP contribution in [-0.2, 0) is 0 Å². The van der Waals surface area contributed by atoms with Gasteiger partial charge in [-0.25, -0.2) is 4.98 Å². The molecule has 0 bridgehead atoms. The summed E-state index contributed by atoms with van der Waals surface area (Å²) >= 11 is 0.